The zero-order chi connectivity index (χ0) is 23.7. The summed E-state index contributed by atoms with van der Waals surface area (Å²) in [6.45, 7) is 1.76. The van der Waals surface area contributed by atoms with Gasteiger partial charge in [0.2, 0.25) is 0 Å². The molecular formula is C25H20F3N3O2. The highest BCUT2D eigenvalue weighted by atomic mass is 19.1. The minimum absolute atomic E-state index is 0.0343. The molecule has 0 aliphatic carbocycles. The lowest BCUT2D eigenvalue weighted by Crippen LogP contribution is -2.36. The molecule has 5 nitrogen and oxygen atoms in total. The van der Waals surface area contributed by atoms with Crippen molar-refractivity contribution in [1.82, 2.24) is 5.32 Å². The van der Waals surface area contributed by atoms with E-state index in [0.29, 0.717) is 16.8 Å². The first-order valence-corrected chi connectivity index (χ1v) is 10.2. The quantitative estimate of drug-likeness (QED) is 0.361. The summed E-state index contributed by atoms with van der Waals surface area (Å²) >= 11 is 0. The third-order valence-corrected chi connectivity index (χ3v) is 5.44. The largest absolute Gasteiger partial charge is 0.394 e. The summed E-state index contributed by atoms with van der Waals surface area (Å²) in [5.41, 5.74) is 6.47. The number of benzene rings is 3. The van der Waals surface area contributed by atoms with E-state index < -0.39 is 40.4 Å². The average Bonchev–Trinajstić information content (AvgIpc) is 2.80. The Kier molecular flexibility index (Phi) is 6.02. The first-order chi connectivity index (χ1) is 15.7. The molecule has 0 aliphatic rings. The molecule has 0 amide bonds. The lowest BCUT2D eigenvalue weighted by molar-refractivity contribution is 0.505. The van der Waals surface area contributed by atoms with Gasteiger partial charge >= 0.3 is 0 Å². The van der Waals surface area contributed by atoms with Crippen molar-refractivity contribution >= 4 is 17.1 Å². The molecule has 0 radical (unpaired) electrons. The fourth-order valence-electron chi connectivity index (χ4n) is 3.69. The van der Waals surface area contributed by atoms with E-state index in [-0.39, 0.29) is 11.4 Å². The zero-order valence-electron chi connectivity index (χ0n) is 17.5. The molecule has 8 heteroatoms. The predicted molar refractivity (Wildman–Crippen MR) is 122 cm³/mol. The fourth-order valence-corrected chi connectivity index (χ4v) is 3.69. The van der Waals surface area contributed by atoms with Gasteiger partial charge in [-0.15, -0.1) is 0 Å². The van der Waals surface area contributed by atoms with Crippen LogP contribution in [0.25, 0.3) is 0 Å². The van der Waals surface area contributed by atoms with Crippen LogP contribution in [-0.2, 0) is 0 Å². The molecule has 0 aliphatic heterocycles. The highest BCUT2D eigenvalue weighted by Gasteiger charge is 2.21. The smallest absolute Gasteiger partial charge is 0.253 e. The van der Waals surface area contributed by atoms with Crippen LogP contribution in [0.1, 0.15) is 35.7 Å². The van der Waals surface area contributed by atoms with Gasteiger partial charge in [-0.3, -0.25) is 14.9 Å². The molecule has 33 heavy (non-hydrogen) atoms. The van der Waals surface area contributed by atoms with Crippen LogP contribution in [0.2, 0.25) is 0 Å². The number of anilines is 3. The number of nitrogens with two attached hydrogens (primary N) is 1. The second-order valence-corrected chi connectivity index (χ2v) is 7.77. The lowest BCUT2D eigenvalue weighted by atomic mass is 9.96. The van der Waals surface area contributed by atoms with Crippen molar-refractivity contribution in [1.29, 1.82) is 0 Å². The molecule has 168 valence electrons. The number of nitrogen functional groups attached to an aromatic ring is 1. The van der Waals surface area contributed by atoms with Crippen molar-refractivity contribution in [2.75, 3.05) is 11.1 Å². The Bertz CT molecular complexity index is 1360. The van der Waals surface area contributed by atoms with Gasteiger partial charge in [-0.05, 0) is 60.0 Å². The molecular weight excluding hydrogens is 431 g/mol. The van der Waals surface area contributed by atoms with E-state index in [1.54, 1.807) is 37.3 Å². The van der Waals surface area contributed by atoms with Crippen LogP contribution < -0.4 is 27.2 Å². The molecule has 2 unspecified atom stereocenters. The Morgan fingerprint density at radius 2 is 1.42 bits per heavy atom. The topological polar surface area (TPSA) is 84.2 Å². The third kappa shape index (κ3) is 4.65. The molecule has 0 saturated heterocycles. The molecule has 0 aromatic heterocycles. The van der Waals surface area contributed by atoms with Crippen molar-refractivity contribution in [2.24, 2.45) is 0 Å². The van der Waals surface area contributed by atoms with Gasteiger partial charge in [0.25, 0.3) is 10.9 Å². The van der Waals surface area contributed by atoms with Crippen molar-refractivity contribution in [2.45, 2.75) is 19.0 Å². The zero-order valence-corrected chi connectivity index (χ0v) is 17.5. The maximum atomic E-state index is 13.7. The maximum Gasteiger partial charge on any atom is 0.253 e. The van der Waals surface area contributed by atoms with Crippen LogP contribution in [-0.4, -0.2) is 0 Å². The Hall–Kier alpha value is -3.91. The van der Waals surface area contributed by atoms with Crippen LogP contribution in [0.3, 0.4) is 0 Å². The van der Waals surface area contributed by atoms with E-state index in [1.165, 1.54) is 24.3 Å². The predicted octanol–water partition coefficient (Wildman–Crippen LogP) is 4.47. The summed E-state index contributed by atoms with van der Waals surface area (Å²) in [5.74, 6) is -1.77. The van der Waals surface area contributed by atoms with Gasteiger partial charge in [-0.1, -0.05) is 24.3 Å². The second-order valence-electron chi connectivity index (χ2n) is 7.77. The third-order valence-electron chi connectivity index (χ3n) is 5.44. The molecule has 2 atom stereocenters. The summed E-state index contributed by atoms with van der Waals surface area (Å²) in [4.78, 5) is 23.1. The standard InChI is InChI=1S/C25H20F3N3O2/c1-13(16-9-18(27)12-19(28)10-16)30-22(14-5-7-17(26)8-6-14)15-3-2-4-20(11-15)31-23-21(29)24(32)25(23)33/h2-13,22,30-31H,29H2,1H3. The van der Waals surface area contributed by atoms with Crippen molar-refractivity contribution in [3.8, 4) is 0 Å². The van der Waals surface area contributed by atoms with E-state index in [0.717, 1.165) is 11.6 Å². The molecule has 4 N–H and O–H groups in total. The van der Waals surface area contributed by atoms with E-state index in [9.17, 15) is 22.8 Å². The normalized spacial score (nSPS) is 13.1. The number of nitrogens with one attached hydrogen (secondary N) is 2. The number of hydrogen-bond donors (Lipinski definition) is 3. The molecule has 4 rings (SSSR count). The van der Waals surface area contributed by atoms with E-state index in [1.807, 2.05) is 6.07 Å². The molecule has 0 heterocycles. The van der Waals surface area contributed by atoms with Gasteiger partial charge in [-0.2, -0.15) is 0 Å². The van der Waals surface area contributed by atoms with Gasteiger partial charge in [-0.25, -0.2) is 13.2 Å². The lowest BCUT2D eigenvalue weighted by Gasteiger charge is -2.25. The summed E-state index contributed by atoms with van der Waals surface area (Å²) in [5, 5.41) is 6.19. The van der Waals surface area contributed by atoms with Crippen LogP contribution in [0.5, 0.6) is 0 Å². The van der Waals surface area contributed by atoms with Gasteiger partial charge in [0.15, 0.2) is 0 Å². The van der Waals surface area contributed by atoms with Gasteiger partial charge in [0.1, 0.15) is 28.8 Å². The number of halogens is 3. The van der Waals surface area contributed by atoms with Gasteiger partial charge in [0.05, 0.1) is 6.04 Å². The van der Waals surface area contributed by atoms with E-state index in [4.69, 9.17) is 5.73 Å². The minimum atomic E-state index is -0.726. The summed E-state index contributed by atoms with van der Waals surface area (Å²) in [7, 11) is 0. The molecule has 0 fully saturated rings. The first kappa shape index (κ1) is 22.3. The highest BCUT2D eigenvalue weighted by molar-refractivity contribution is 5.76. The maximum absolute atomic E-state index is 13.7. The second kappa shape index (κ2) is 8.91. The summed E-state index contributed by atoms with van der Waals surface area (Å²) in [6, 6.07) is 15.2. The molecule has 0 spiro atoms. The van der Waals surface area contributed by atoms with Gasteiger partial charge < -0.3 is 11.1 Å². The highest BCUT2D eigenvalue weighted by Crippen LogP contribution is 2.29. The van der Waals surface area contributed by atoms with Crippen LogP contribution in [0.15, 0.2) is 76.3 Å². The molecule has 4 aromatic carbocycles. The van der Waals surface area contributed by atoms with Gasteiger partial charge in [0, 0.05) is 17.8 Å². The van der Waals surface area contributed by atoms with Crippen LogP contribution in [0, 0.1) is 17.5 Å². The van der Waals surface area contributed by atoms with Crippen LogP contribution in [0.4, 0.5) is 30.2 Å². The van der Waals surface area contributed by atoms with E-state index in [2.05, 4.69) is 10.6 Å². The fraction of sp³-hybridized carbons (Fsp3) is 0.120. The Balaban J connectivity index is 1.68. The summed E-state index contributed by atoms with van der Waals surface area (Å²) < 4.78 is 41.0. The summed E-state index contributed by atoms with van der Waals surface area (Å²) in [6.07, 6.45) is 0. The Morgan fingerprint density at radius 1 is 0.758 bits per heavy atom. The Morgan fingerprint density at radius 3 is 2.06 bits per heavy atom. The van der Waals surface area contributed by atoms with E-state index >= 15 is 0 Å². The number of rotatable bonds is 7. The van der Waals surface area contributed by atoms with Crippen molar-refractivity contribution < 1.29 is 13.2 Å². The first-order valence-electron chi connectivity index (χ1n) is 10.2. The monoisotopic (exact) mass is 451 g/mol. The molecule has 4 aromatic rings. The SMILES string of the molecule is CC(NC(c1ccc(F)cc1)c1cccc(Nc2c(N)c(=O)c2=O)c1)c1cc(F)cc(F)c1. The van der Waals surface area contributed by atoms with Crippen molar-refractivity contribution in [3.05, 3.63) is 121 Å². The Labute approximate surface area is 187 Å². The molecule has 0 bridgehead atoms. The molecule has 0 saturated carbocycles. The van der Waals surface area contributed by atoms with Crippen LogP contribution >= 0.6 is 0 Å². The minimum Gasteiger partial charge on any atom is -0.394 e. The van der Waals surface area contributed by atoms with Crippen molar-refractivity contribution in [3.63, 3.8) is 0 Å². The average molecular weight is 451 g/mol. The number of hydrogen-bond acceptors (Lipinski definition) is 5.